The van der Waals surface area contributed by atoms with Crippen LogP contribution in [-0.4, -0.2) is 17.9 Å². The number of carbonyl (C=O) groups is 1. The number of rotatable bonds is 7. The average molecular weight is 346 g/mol. The quantitative estimate of drug-likeness (QED) is 0.699. The molecule has 0 aromatic heterocycles. The molecule has 0 bridgehead atoms. The van der Waals surface area contributed by atoms with Gasteiger partial charge in [-0.05, 0) is 42.4 Å². The van der Waals surface area contributed by atoms with E-state index in [1.807, 2.05) is 96.9 Å². The lowest BCUT2D eigenvalue weighted by Crippen LogP contribution is -2.34. The number of ether oxygens (including phenoxy) is 1. The summed E-state index contributed by atoms with van der Waals surface area (Å²) in [5.41, 5.74) is 7.61. The van der Waals surface area contributed by atoms with E-state index in [1.165, 1.54) is 0 Å². The molecule has 4 heteroatoms. The van der Waals surface area contributed by atoms with Gasteiger partial charge in [-0.2, -0.15) is 0 Å². The van der Waals surface area contributed by atoms with Crippen molar-refractivity contribution >= 4 is 5.91 Å². The summed E-state index contributed by atoms with van der Waals surface area (Å²) in [6, 6.07) is 26.6. The molecule has 0 saturated carbocycles. The van der Waals surface area contributed by atoms with Gasteiger partial charge in [0.15, 0.2) is 0 Å². The number of benzene rings is 3. The number of hydrogen-bond acceptors (Lipinski definition) is 3. The van der Waals surface area contributed by atoms with Crippen molar-refractivity contribution in [1.82, 2.24) is 4.90 Å². The molecule has 0 spiro atoms. The van der Waals surface area contributed by atoms with Gasteiger partial charge in [0.1, 0.15) is 17.5 Å². The molecule has 0 aliphatic carbocycles. The first kappa shape index (κ1) is 17.7. The van der Waals surface area contributed by atoms with E-state index in [2.05, 4.69) is 0 Å². The van der Waals surface area contributed by atoms with Gasteiger partial charge in [0.25, 0.3) is 0 Å². The van der Waals surface area contributed by atoms with E-state index in [4.69, 9.17) is 10.5 Å². The number of likely N-dealkylation sites (N-methyl/N-ethyl adjacent to an activating group) is 1. The third-order valence-electron chi connectivity index (χ3n) is 4.16. The first-order valence-electron chi connectivity index (χ1n) is 8.50. The zero-order chi connectivity index (χ0) is 18.4. The molecule has 0 fully saturated rings. The average Bonchev–Trinajstić information content (AvgIpc) is 2.65. The maximum absolute atomic E-state index is 11.9. The number of para-hydroxylation sites is 1. The van der Waals surface area contributed by atoms with Gasteiger partial charge in [0.05, 0.1) is 0 Å². The molecule has 0 aliphatic rings. The van der Waals surface area contributed by atoms with Crippen LogP contribution in [0.1, 0.15) is 17.2 Å². The highest BCUT2D eigenvalue weighted by atomic mass is 16.5. The normalized spacial score (nSPS) is 11.9. The Kier molecular flexibility index (Phi) is 5.66. The zero-order valence-electron chi connectivity index (χ0n) is 14.7. The maximum Gasteiger partial charge on any atom is 0.239 e. The molecule has 0 radical (unpaired) electrons. The summed E-state index contributed by atoms with van der Waals surface area (Å²) in [5, 5.41) is 0. The first-order valence-corrected chi connectivity index (χ1v) is 8.50. The van der Waals surface area contributed by atoms with Gasteiger partial charge in [-0.15, -0.1) is 0 Å². The number of carbonyl (C=O) groups excluding carboxylic acids is 1. The van der Waals surface area contributed by atoms with Crippen molar-refractivity contribution in [1.29, 1.82) is 0 Å². The van der Waals surface area contributed by atoms with Crippen molar-refractivity contribution in [3.05, 3.63) is 96.1 Å². The Hall–Kier alpha value is -3.11. The van der Waals surface area contributed by atoms with Crippen molar-refractivity contribution in [2.45, 2.75) is 12.6 Å². The summed E-state index contributed by atoms with van der Waals surface area (Å²) < 4.78 is 5.81. The van der Waals surface area contributed by atoms with Gasteiger partial charge in [0.2, 0.25) is 5.91 Å². The molecule has 0 unspecified atom stereocenters. The summed E-state index contributed by atoms with van der Waals surface area (Å²) in [7, 11) is 1.90. The van der Waals surface area contributed by atoms with Crippen LogP contribution in [0.25, 0.3) is 0 Å². The van der Waals surface area contributed by atoms with Crippen molar-refractivity contribution in [2.24, 2.45) is 5.73 Å². The lowest BCUT2D eigenvalue weighted by molar-refractivity contribution is -0.123. The fourth-order valence-corrected chi connectivity index (χ4v) is 2.94. The molecule has 2 N–H and O–H groups in total. The lowest BCUT2D eigenvalue weighted by atomic mass is 10.0. The van der Waals surface area contributed by atoms with E-state index in [-0.39, 0.29) is 5.91 Å². The predicted molar refractivity (Wildman–Crippen MR) is 103 cm³/mol. The molecule has 0 saturated heterocycles. The predicted octanol–water partition coefficient (Wildman–Crippen LogP) is 4.14. The van der Waals surface area contributed by atoms with Gasteiger partial charge in [-0.3, -0.25) is 9.69 Å². The van der Waals surface area contributed by atoms with E-state index in [0.29, 0.717) is 6.54 Å². The Morgan fingerprint density at radius 3 is 2.00 bits per heavy atom. The monoisotopic (exact) mass is 346 g/mol. The van der Waals surface area contributed by atoms with Crippen LogP contribution in [-0.2, 0) is 11.3 Å². The van der Waals surface area contributed by atoms with Crippen LogP contribution >= 0.6 is 0 Å². The van der Waals surface area contributed by atoms with E-state index in [0.717, 1.165) is 22.6 Å². The first-order chi connectivity index (χ1) is 12.6. The van der Waals surface area contributed by atoms with Crippen LogP contribution in [0.5, 0.6) is 11.5 Å². The molecule has 1 atom stereocenters. The highest BCUT2D eigenvalue weighted by Crippen LogP contribution is 2.24. The Morgan fingerprint density at radius 2 is 1.42 bits per heavy atom. The lowest BCUT2D eigenvalue weighted by Gasteiger charge is -2.26. The van der Waals surface area contributed by atoms with Crippen LogP contribution in [0.2, 0.25) is 0 Å². The Bertz CT molecular complexity index is 833. The SMILES string of the molecule is CN(Cc1ccc(Oc2ccccc2)cc1)[C@H](C(N)=O)c1ccccc1. The summed E-state index contributed by atoms with van der Waals surface area (Å²) >= 11 is 0. The van der Waals surface area contributed by atoms with Crippen molar-refractivity contribution in [3.8, 4) is 11.5 Å². The number of nitrogens with two attached hydrogens (primary N) is 1. The van der Waals surface area contributed by atoms with E-state index >= 15 is 0 Å². The molecule has 3 rings (SSSR count). The highest BCUT2D eigenvalue weighted by molar-refractivity contribution is 5.81. The molecular formula is C22H22N2O2. The van der Waals surface area contributed by atoms with Gasteiger partial charge >= 0.3 is 0 Å². The standard InChI is InChI=1S/C22H22N2O2/c1-24(21(22(23)25)18-8-4-2-5-9-18)16-17-12-14-20(15-13-17)26-19-10-6-3-7-11-19/h2-15,21H,16H2,1H3,(H2,23,25)/t21-/m0/s1. The summed E-state index contributed by atoms with van der Waals surface area (Å²) in [6.45, 7) is 0.605. The molecule has 3 aromatic carbocycles. The topological polar surface area (TPSA) is 55.6 Å². The maximum atomic E-state index is 11.9. The fourth-order valence-electron chi connectivity index (χ4n) is 2.94. The molecular weight excluding hydrogens is 324 g/mol. The smallest absolute Gasteiger partial charge is 0.239 e. The minimum Gasteiger partial charge on any atom is -0.457 e. The van der Waals surface area contributed by atoms with Crippen LogP contribution in [0.15, 0.2) is 84.9 Å². The summed E-state index contributed by atoms with van der Waals surface area (Å²) in [4.78, 5) is 13.9. The fraction of sp³-hybridized carbons (Fsp3) is 0.136. The van der Waals surface area contributed by atoms with E-state index in [1.54, 1.807) is 0 Å². The van der Waals surface area contributed by atoms with Crippen LogP contribution in [0.4, 0.5) is 0 Å². The van der Waals surface area contributed by atoms with Crippen molar-refractivity contribution in [2.75, 3.05) is 7.05 Å². The second kappa shape index (κ2) is 8.32. The third kappa shape index (κ3) is 4.49. The molecule has 0 heterocycles. The van der Waals surface area contributed by atoms with Crippen LogP contribution < -0.4 is 10.5 Å². The van der Waals surface area contributed by atoms with Gasteiger partial charge in [-0.25, -0.2) is 0 Å². The Morgan fingerprint density at radius 1 is 0.885 bits per heavy atom. The number of amides is 1. The minimum atomic E-state index is -0.462. The number of primary amides is 1. The molecule has 0 aliphatic heterocycles. The Balaban J connectivity index is 1.68. The second-order valence-electron chi connectivity index (χ2n) is 6.19. The van der Waals surface area contributed by atoms with Crippen LogP contribution in [0.3, 0.4) is 0 Å². The summed E-state index contributed by atoms with van der Waals surface area (Å²) in [5.74, 6) is 1.22. The molecule has 1 amide bonds. The van der Waals surface area contributed by atoms with Gasteiger partial charge < -0.3 is 10.5 Å². The van der Waals surface area contributed by atoms with Gasteiger partial charge in [-0.1, -0.05) is 60.7 Å². The number of nitrogens with zero attached hydrogens (tertiary/aromatic N) is 1. The molecule has 4 nitrogen and oxygen atoms in total. The highest BCUT2D eigenvalue weighted by Gasteiger charge is 2.22. The van der Waals surface area contributed by atoms with Crippen molar-refractivity contribution < 1.29 is 9.53 Å². The minimum absolute atomic E-state index is 0.359. The van der Waals surface area contributed by atoms with Crippen LogP contribution in [0, 0.1) is 0 Å². The largest absolute Gasteiger partial charge is 0.457 e. The van der Waals surface area contributed by atoms with E-state index in [9.17, 15) is 4.79 Å². The second-order valence-corrected chi connectivity index (χ2v) is 6.19. The van der Waals surface area contributed by atoms with Crippen molar-refractivity contribution in [3.63, 3.8) is 0 Å². The third-order valence-corrected chi connectivity index (χ3v) is 4.16. The van der Waals surface area contributed by atoms with E-state index < -0.39 is 6.04 Å². The number of hydrogen-bond donors (Lipinski definition) is 1. The Labute approximate surface area is 153 Å². The van der Waals surface area contributed by atoms with Gasteiger partial charge in [0, 0.05) is 6.54 Å². The molecule has 132 valence electrons. The molecule has 3 aromatic rings. The summed E-state index contributed by atoms with van der Waals surface area (Å²) in [6.07, 6.45) is 0. The zero-order valence-corrected chi connectivity index (χ0v) is 14.7. The molecule has 26 heavy (non-hydrogen) atoms.